The van der Waals surface area contributed by atoms with Crippen LogP contribution in [0.25, 0.3) is 0 Å². The summed E-state index contributed by atoms with van der Waals surface area (Å²) in [6.45, 7) is 0.127. The average Bonchev–Trinajstić information content (AvgIpc) is 3.28. The van der Waals surface area contributed by atoms with Gasteiger partial charge in [-0.15, -0.1) is 0 Å². The summed E-state index contributed by atoms with van der Waals surface area (Å²) in [6, 6.07) is 14.0. The van der Waals surface area contributed by atoms with Gasteiger partial charge in [-0.1, -0.05) is 30.3 Å². The minimum absolute atomic E-state index is 0.145. The molecule has 2 fully saturated rings. The van der Waals surface area contributed by atoms with Crippen molar-refractivity contribution in [1.29, 1.82) is 0 Å². The van der Waals surface area contributed by atoms with Crippen LogP contribution in [0.2, 0.25) is 0 Å². The number of fused-ring (bicyclic) bond motifs is 1. The molecule has 2 aliphatic rings. The lowest BCUT2D eigenvalue weighted by molar-refractivity contribution is -0.181. The maximum Gasteiger partial charge on any atom is 0.261 e. The maximum atomic E-state index is 12.8. The number of hydrogen-bond donors (Lipinski definition) is 1. The molecule has 2 aromatic rings. The minimum atomic E-state index is -0.953. The van der Waals surface area contributed by atoms with Crippen molar-refractivity contribution in [3.63, 3.8) is 0 Å². The predicted octanol–water partition coefficient (Wildman–Crippen LogP) is 1.29. The normalized spacial score (nSPS) is 22.7. The number of likely N-dealkylation sites (N-methyl/N-ethyl adjacent to an activating group) is 1. The van der Waals surface area contributed by atoms with Crippen LogP contribution in [0, 0.1) is 5.92 Å². The highest BCUT2D eigenvalue weighted by molar-refractivity contribution is 6.07. The van der Waals surface area contributed by atoms with Crippen molar-refractivity contribution < 1.29 is 28.7 Å². The van der Waals surface area contributed by atoms with Gasteiger partial charge in [0.2, 0.25) is 11.8 Å². The Labute approximate surface area is 185 Å². The summed E-state index contributed by atoms with van der Waals surface area (Å²) in [5.74, 6) is -0.502. The number of carbonyl (C=O) groups is 3. The quantitative estimate of drug-likeness (QED) is 0.650. The molecule has 1 N–H and O–H groups in total. The number of hydroxylamine groups is 2. The molecule has 2 aliphatic heterocycles. The molecule has 9 heteroatoms. The summed E-state index contributed by atoms with van der Waals surface area (Å²) >= 11 is 0. The monoisotopic (exact) mass is 439 g/mol. The van der Waals surface area contributed by atoms with Crippen LogP contribution in [0.4, 0.5) is 0 Å². The first-order valence-electron chi connectivity index (χ1n) is 10.2. The molecule has 2 aromatic carbocycles. The van der Waals surface area contributed by atoms with Crippen LogP contribution < -0.4 is 14.8 Å². The fourth-order valence-electron chi connectivity index (χ4n) is 4.18. The molecule has 2 saturated heterocycles. The Morgan fingerprint density at radius 2 is 1.84 bits per heavy atom. The van der Waals surface area contributed by atoms with Crippen LogP contribution >= 0.6 is 0 Å². The number of imide groups is 1. The van der Waals surface area contributed by atoms with Gasteiger partial charge in [-0.2, -0.15) is 5.06 Å². The standard InChI is InChI=1S/C23H25N3O6/c1-25-22(28)19-20(14-8-6-9-16(11-14)30-2)26(32-21(19)23(25)29)13-18(27)24-12-15-7-4-5-10-17(15)31-3/h4-11,19-21H,12-13H2,1-3H3,(H,24,27). The second-order valence-corrected chi connectivity index (χ2v) is 7.67. The predicted molar refractivity (Wildman–Crippen MR) is 113 cm³/mol. The van der Waals surface area contributed by atoms with Crippen LogP contribution in [0.3, 0.4) is 0 Å². The molecular formula is C23H25N3O6. The molecule has 0 radical (unpaired) electrons. The largest absolute Gasteiger partial charge is 0.497 e. The first-order valence-corrected chi connectivity index (χ1v) is 10.2. The van der Waals surface area contributed by atoms with Gasteiger partial charge in [0.05, 0.1) is 26.2 Å². The lowest BCUT2D eigenvalue weighted by Crippen LogP contribution is -2.40. The molecule has 32 heavy (non-hydrogen) atoms. The van der Waals surface area contributed by atoms with Crippen molar-refractivity contribution in [2.45, 2.75) is 18.7 Å². The van der Waals surface area contributed by atoms with Gasteiger partial charge in [0.25, 0.3) is 5.91 Å². The summed E-state index contributed by atoms with van der Waals surface area (Å²) in [5.41, 5.74) is 1.56. The van der Waals surface area contributed by atoms with E-state index in [2.05, 4.69) is 5.32 Å². The third kappa shape index (κ3) is 3.92. The van der Waals surface area contributed by atoms with Gasteiger partial charge < -0.3 is 14.8 Å². The number of ether oxygens (including phenoxy) is 2. The molecule has 9 nitrogen and oxygen atoms in total. The molecule has 0 aliphatic carbocycles. The van der Waals surface area contributed by atoms with Crippen LogP contribution in [0.1, 0.15) is 17.2 Å². The number of rotatable bonds is 7. The summed E-state index contributed by atoms with van der Waals surface area (Å²) in [7, 11) is 4.56. The molecule has 0 aromatic heterocycles. The highest BCUT2D eigenvalue weighted by Crippen LogP contribution is 2.44. The maximum absolute atomic E-state index is 12.8. The smallest absolute Gasteiger partial charge is 0.261 e. The number of benzene rings is 2. The Kier molecular flexibility index (Phi) is 6.11. The van der Waals surface area contributed by atoms with E-state index in [0.717, 1.165) is 16.0 Å². The lowest BCUT2D eigenvalue weighted by Gasteiger charge is -2.26. The number of nitrogens with one attached hydrogen (secondary N) is 1. The molecule has 0 saturated carbocycles. The lowest BCUT2D eigenvalue weighted by atomic mass is 9.90. The van der Waals surface area contributed by atoms with Crippen molar-refractivity contribution in [2.75, 3.05) is 27.8 Å². The Morgan fingerprint density at radius 3 is 2.59 bits per heavy atom. The van der Waals surface area contributed by atoms with Crippen molar-refractivity contribution in [3.8, 4) is 11.5 Å². The SMILES string of the molecule is COc1cccc(C2C3C(=O)N(C)C(=O)C3ON2CC(=O)NCc2ccccc2OC)c1. The second-order valence-electron chi connectivity index (χ2n) is 7.67. The molecule has 0 spiro atoms. The molecule has 4 rings (SSSR count). The summed E-state index contributed by atoms with van der Waals surface area (Å²) in [5, 5.41) is 4.27. The second kappa shape index (κ2) is 8.97. The zero-order valence-corrected chi connectivity index (χ0v) is 18.1. The number of para-hydroxylation sites is 1. The van der Waals surface area contributed by atoms with E-state index in [1.165, 1.54) is 12.1 Å². The van der Waals surface area contributed by atoms with E-state index in [0.29, 0.717) is 11.5 Å². The zero-order chi connectivity index (χ0) is 22.8. The van der Waals surface area contributed by atoms with Crippen LogP contribution in [-0.4, -0.2) is 61.6 Å². The molecule has 2 heterocycles. The van der Waals surface area contributed by atoms with Crippen molar-refractivity contribution in [1.82, 2.24) is 15.3 Å². The molecule has 3 unspecified atom stereocenters. The van der Waals surface area contributed by atoms with Gasteiger partial charge in [-0.05, 0) is 23.8 Å². The zero-order valence-electron chi connectivity index (χ0n) is 18.1. The topological polar surface area (TPSA) is 97.4 Å². The van der Waals surface area contributed by atoms with E-state index in [1.54, 1.807) is 32.4 Å². The van der Waals surface area contributed by atoms with Gasteiger partial charge in [-0.3, -0.25) is 24.1 Å². The number of amides is 3. The van der Waals surface area contributed by atoms with Crippen LogP contribution in [0.15, 0.2) is 48.5 Å². The first kappa shape index (κ1) is 21.8. The number of nitrogens with zero attached hydrogens (tertiary/aromatic N) is 2. The van der Waals surface area contributed by atoms with Gasteiger partial charge >= 0.3 is 0 Å². The Bertz CT molecular complexity index is 1040. The number of likely N-dealkylation sites (tertiary alicyclic amines) is 1. The van der Waals surface area contributed by atoms with Crippen molar-refractivity contribution in [3.05, 3.63) is 59.7 Å². The molecule has 3 amide bonds. The molecular weight excluding hydrogens is 414 g/mol. The number of hydrogen-bond acceptors (Lipinski definition) is 7. The molecule has 168 valence electrons. The fraction of sp³-hybridized carbons (Fsp3) is 0.348. The average molecular weight is 439 g/mol. The van der Waals surface area contributed by atoms with Crippen molar-refractivity contribution >= 4 is 17.7 Å². The fourth-order valence-corrected chi connectivity index (χ4v) is 4.18. The van der Waals surface area contributed by atoms with Gasteiger partial charge in [-0.25, -0.2) is 0 Å². The molecule has 0 bridgehead atoms. The number of methoxy groups -OCH3 is 2. The summed E-state index contributed by atoms with van der Waals surface area (Å²) in [4.78, 5) is 45.0. The Balaban J connectivity index is 1.54. The highest BCUT2D eigenvalue weighted by atomic mass is 16.7. The Morgan fingerprint density at radius 1 is 1.06 bits per heavy atom. The highest BCUT2D eigenvalue weighted by Gasteiger charge is 2.58. The first-order chi connectivity index (χ1) is 15.4. The Hall–Kier alpha value is -3.43. The van der Waals surface area contributed by atoms with E-state index in [4.69, 9.17) is 14.3 Å². The van der Waals surface area contributed by atoms with Crippen molar-refractivity contribution in [2.24, 2.45) is 5.92 Å². The van der Waals surface area contributed by atoms with E-state index < -0.39 is 24.0 Å². The minimum Gasteiger partial charge on any atom is -0.497 e. The van der Waals surface area contributed by atoms with E-state index in [-0.39, 0.29) is 24.9 Å². The third-order valence-electron chi connectivity index (χ3n) is 5.82. The van der Waals surface area contributed by atoms with Gasteiger partial charge in [0.1, 0.15) is 18.0 Å². The van der Waals surface area contributed by atoms with Crippen LogP contribution in [0.5, 0.6) is 11.5 Å². The number of carbonyl (C=O) groups excluding carboxylic acids is 3. The molecule has 3 atom stereocenters. The summed E-state index contributed by atoms with van der Waals surface area (Å²) < 4.78 is 10.6. The van der Waals surface area contributed by atoms with E-state index in [9.17, 15) is 14.4 Å². The van der Waals surface area contributed by atoms with Crippen LogP contribution in [-0.2, 0) is 25.8 Å². The van der Waals surface area contributed by atoms with E-state index >= 15 is 0 Å². The summed E-state index contributed by atoms with van der Waals surface area (Å²) in [6.07, 6.45) is -0.953. The van der Waals surface area contributed by atoms with E-state index in [1.807, 2.05) is 30.3 Å². The van der Waals surface area contributed by atoms with Gasteiger partial charge in [0.15, 0.2) is 6.10 Å². The van der Waals surface area contributed by atoms with Gasteiger partial charge in [0, 0.05) is 19.2 Å². The third-order valence-corrected chi connectivity index (χ3v) is 5.82.